The van der Waals surface area contributed by atoms with Gasteiger partial charge in [0.25, 0.3) is 0 Å². The summed E-state index contributed by atoms with van der Waals surface area (Å²) in [6.45, 7) is 1.97. The van der Waals surface area contributed by atoms with Crippen molar-refractivity contribution >= 4 is 24.9 Å². The van der Waals surface area contributed by atoms with Crippen LogP contribution < -0.4 is 5.43 Å². The Morgan fingerprint density at radius 1 is 1.45 bits per heavy atom. The quantitative estimate of drug-likeness (QED) is 0.465. The standard InChI is InChI=1S/C14H15N2O4/c1-2-20-14(19)16-15-9-11-3-5-12(6-4-11)13(10-18)7-8-17/h3-6,8-9,13H,2,7H2,1H3,(H,16,19). The molecule has 105 valence electrons. The minimum atomic E-state index is -0.623. The number of nitrogens with zero attached hydrogens (tertiary/aromatic N) is 1. The Kier molecular flexibility index (Phi) is 6.67. The molecule has 20 heavy (non-hydrogen) atoms. The Balaban J connectivity index is 2.62. The van der Waals surface area contributed by atoms with Gasteiger partial charge >= 0.3 is 6.09 Å². The smallest absolute Gasteiger partial charge is 0.427 e. The van der Waals surface area contributed by atoms with Crippen LogP contribution >= 0.6 is 0 Å². The molecule has 0 aliphatic heterocycles. The van der Waals surface area contributed by atoms with Crippen LogP contribution in [0, 0.1) is 0 Å². The van der Waals surface area contributed by atoms with E-state index >= 15 is 0 Å². The maximum absolute atomic E-state index is 11.0. The molecule has 0 aliphatic rings. The molecule has 1 radical (unpaired) electrons. The fraction of sp³-hybridized carbons (Fsp3) is 0.286. The highest BCUT2D eigenvalue weighted by molar-refractivity contribution is 5.81. The fourth-order valence-electron chi connectivity index (χ4n) is 1.49. The third kappa shape index (κ3) is 5.01. The van der Waals surface area contributed by atoms with Gasteiger partial charge in [-0.3, -0.25) is 4.79 Å². The van der Waals surface area contributed by atoms with E-state index in [-0.39, 0.29) is 13.0 Å². The second kappa shape index (κ2) is 8.58. The fourth-order valence-corrected chi connectivity index (χ4v) is 1.49. The van der Waals surface area contributed by atoms with E-state index in [1.807, 2.05) is 6.29 Å². The van der Waals surface area contributed by atoms with Crippen molar-refractivity contribution in [3.8, 4) is 0 Å². The van der Waals surface area contributed by atoms with Gasteiger partial charge in [-0.05, 0) is 18.1 Å². The average molecular weight is 275 g/mol. The number of rotatable bonds is 7. The lowest BCUT2D eigenvalue weighted by molar-refractivity contribution is -0.107. The first-order valence-corrected chi connectivity index (χ1v) is 6.08. The molecule has 1 amide bonds. The van der Waals surface area contributed by atoms with Gasteiger partial charge in [-0.25, -0.2) is 10.2 Å². The highest BCUT2D eigenvalue weighted by Gasteiger charge is 2.10. The van der Waals surface area contributed by atoms with Crippen molar-refractivity contribution in [1.82, 2.24) is 5.43 Å². The molecule has 0 bridgehead atoms. The van der Waals surface area contributed by atoms with Gasteiger partial charge in [0.1, 0.15) is 6.29 Å². The first kappa shape index (κ1) is 15.6. The highest BCUT2D eigenvalue weighted by atomic mass is 16.5. The van der Waals surface area contributed by atoms with E-state index in [4.69, 9.17) is 0 Å². The van der Waals surface area contributed by atoms with E-state index < -0.39 is 12.0 Å². The second-order valence-corrected chi connectivity index (χ2v) is 3.83. The largest absolute Gasteiger partial charge is 0.449 e. The Morgan fingerprint density at radius 2 is 2.15 bits per heavy atom. The van der Waals surface area contributed by atoms with E-state index in [2.05, 4.69) is 15.3 Å². The third-order valence-electron chi connectivity index (χ3n) is 2.46. The van der Waals surface area contributed by atoms with Crippen molar-refractivity contribution in [3.05, 3.63) is 35.4 Å². The van der Waals surface area contributed by atoms with E-state index in [9.17, 15) is 14.4 Å². The summed E-state index contributed by atoms with van der Waals surface area (Å²) >= 11 is 0. The molecule has 1 N–H and O–H groups in total. The lowest BCUT2D eigenvalue weighted by atomic mass is 9.97. The lowest BCUT2D eigenvalue weighted by Gasteiger charge is -2.05. The van der Waals surface area contributed by atoms with Crippen LogP contribution in [0.25, 0.3) is 0 Å². The van der Waals surface area contributed by atoms with Crippen molar-refractivity contribution in [3.63, 3.8) is 0 Å². The molecule has 0 heterocycles. The van der Waals surface area contributed by atoms with Gasteiger partial charge in [0, 0.05) is 6.42 Å². The topological polar surface area (TPSA) is 84.8 Å². The first-order chi connectivity index (χ1) is 9.71. The molecule has 0 fully saturated rings. The molecule has 6 heteroatoms. The van der Waals surface area contributed by atoms with Crippen LogP contribution in [0.4, 0.5) is 4.79 Å². The number of nitrogens with one attached hydrogen (secondary N) is 1. The van der Waals surface area contributed by atoms with Gasteiger partial charge in [0.2, 0.25) is 6.29 Å². The summed E-state index contributed by atoms with van der Waals surface area (Å²) in [5.74, 6) is -0.545. The molecule has 1 aromatic rings. The van der Waals surface area contributed by atoms with Crippen molar-refractivity contribution < 1.29 is 19.1 Å². The van der Waals surface area contributed by atoms with Crippen LogP contribution in [-0.4, -0.2) is 31.5 Å². The van der Waals surface area contributed by atoms with E-state index in [0.29, 0.717) is 11.8 Å². The van der Waals surface area contributed by atoms with E-state index in [0.717, 1.165) is 5.56 Å². The van der Waals surface area contributed by atoms with Crippen molar-refractivity contribution in [2.24, 2.45) is 5.10 Å². The molecular weight excluding hydrogens is 260 g/mol. The van der Waals surface area contributed by atoms with E-state index in [1.165, 1.54) is 6.21 Å². The molecule has 0 aliphatic carbocycles. The van der Waals surface area contributed by atoms with Crippen LogP contribution in [0.3, 0.4) is 0 Å². The number of ether oxygens (including phenoxy) is 1. The number of hydrogen-bond acceptors (Lipinski definition) is 5. The molecule has 0 saturated heterocycles. The lowest BCUT2D eigenvalue weighted by Crippen LogP contribution is -2.18. The highest BCUT2D eigenvalue weighted by Crippen LogP contribution is 2.16. The third-order valence-corrected chi connectivity index (χ3v) is 2.46. The van der Waals surface area contributed by atoms with Gasteiger partial charge in [-0.15, -0.1) is 0 Å². The molecule has 0 spiro atoms. The minimum absolute atomic E-state index is 0.112. The normalized spacial score (nSPS) is 11.8. The zero-order chi connectivity index (χ0) is 14.8. The predicted molar refractivity (Wildman–Crippen MR) is 73.3 cm³/mol. The molecule has 1 unspecified atom stereocenters. The van der Waals surface area contributed by atoms with Gasteiger partial charge in [0.05, 0.1) is 18.7 Å². The van der Waals surface area contributed by atoms with Gasteiger partial charge in [0.15, 0.2) is 0 Å². The maximum Gasteiger partial charge on any atom is 0.427 e. The van der Waals surface area contributed by atoms with Crippen LogP contribution in [0.2, 0.25) is 0 Å². The number of benzene rings is 1. The Hall–Kier alpha value is -2.50. The summed E-state index contributed by atoms with van der Waals surface area (Å²) in [7, 11) is 0. The number of carbonyl (C=O) groups is 2. The van der Waals surface area contributed by atoms with E-state index in [1.54, 1.807) is 31.2 Å². The predicted octanol–water partition coefficient (Wildman–Crippen LogP) is 1.55. The molecule has 1 rings (SSSR count). The second-order valence-electron chi connectivity index (χ2n) is 3.83. The van der Waals surface area contributed by atoms with Crippen molar-refractivity contribution in [1.29, 1.82) is 0 Å². The average Bonchev–Trinajstić information content (AvgIpc) is 2.46. The number of carbonyl (C=O) groups excluding carboxylic acids is 3. The molecule has 0 aromatic heterocycles. The van der Waals surface area contributed by atoms with Crippen LogP contribution in [0.5, 0.6) is 0 Å². The number of aldehydes is 1. The van der Waals surface area contributed by atoms with Crippen LogP contribution in [0.1, 0.15) is 30.4 Å². The van der Waals surface area contributed by atoms with Crippen molar-refractivity contribution in [2.75, 3.05) is 6.61 Å². The SMILES string of the molecule is CCOC(=O)NN=Cc1ccc(C([C]=O)CC=O)cc1. The zero-order valence-corrected chi connectivity index (χ0v) is 11.0. The van der Waals surface area contributed by atoms with Crippen LogP contribution in [0.15, 0.2) is 29.4 Å². The Labute approximate surface area is 116 Å². The molecule has 1 aromatic carbocycles. The van der Waals surface area contributed by atoms with Crippen LogP contribution in [-0.2, 0) is 14.3 Å². The summed E-state index contributed by atoms with van der Waals surface area (Å²) in [5.41, 5.74) is 3.65. The summed E-state index contributed by atoms with van der Waals surface area (Å²) in [6.07, 6.45) is 3.44. The summed E-state index contributed by atoms with van der Waals surface area (Å²) in [5, 5.41) is 3.71. The summed E-state index contributed by atoms with van der Waals surface area (Å²) in [4.78, 5) is 32.1. The number of amides is 1. The molecular formula is C14H15N2O4. The molecule has 0 saturated carbocycles. The minimum Gasteiger partial charge on any atom is -0.449 e. The number of hydrazone groups is 1. The summed E-state index contributed by atoms with van der Waals surface area (Å²) in [6, 6.07) is 6.87. The zero-order valence-electron chi connectivity index (χ0n) is 11.0. The first-order valence-electron chi connectivity index (χ1n) is 6.08. The maximum atomic E-state index is 11.0. The number of hydrogen-bond donors (Lipinski definition) is 1. The molecule has 1 atom stereocenters. The van der Waals surface area contributed by atoms with Crippen molar-refractivity contribution in [2.45, 2.75) is 19.3 Å². The van der Waals surface area contributed by atoms with Gasteiger partial charge in [-0.1, -0.05) is 24.3 Å². The Morgan fingerprint density at radius 3 is 2.70 bits per heavy atom. The summed E-state index contributed by atoms with van der Waals surface area (Å²) < 4.78 is 4.63. The van der Waals surface area contributed by atoms with Gasteiger partial charge in [-0.2, -0.15) is 5.10 Å². The Bertz CT molecular complexity index is 482. The monoisotopic (exact) mass is 275 g/mol. The van der Waals surface area contributed by atoms with Gasteiger partial charge < -0.3 is 9.53 Å². The molecule has 6 nitrogen and oxygen atoms in total.